The molecule has 0 spiro atoms. The number of rotatable bonds is 6. The second-order valence-electron chi connectivity index (χ2n) is 5.34. The molecule has 3 heteroatoms. The largest absolute Gasteiger partial charge is 0.507 e. The first-order chi connectivity index (χ1) is 10.1. The van der Waals surface area contributed by atoms with Gasteiger partial charge in [-0.15, -0.1) is 11.8 Å². The summed E-state index contributed by atoms with van der Waals surface area (Å²) in [4.78, 5) is 0.896. The predicted octanol–water partition coefficient (Wildman–Crippen LogP) is 5.00. The van der Waals surface area contributed by atoms with Gasteiger partial charge < -0.3 is 9.84 Å². The first-order valence-corrected chi connectivity index (χ1v) is 8.20. The molecule has 0 radical (unpaired) electrons. The Morgan fingerprint density at radius 3 is 2.57 bits per heavy atom. The van der Waals surface area contributed by atoms with Crippen LogP contribution < -0.4 is 4.74 Å². The van der Waals surface area contributed by atoms with Crippen molar-refractivity contribution < 1.29 is 9.84 Å². The van der Waals surface area contributed by atoms with E-state index in [1.165, 1.54) is 11.1 Å². The molecule has 0 aromatic heterocycles. The molecule has 2 aromatic carbocycles. The first kappa shape index (κ1) is 15.8. The van der Waals surface area contributed by atoms with Crippen LogP contribution in [0.5, 0.6) is 11.5 Å². The maximum atomic E-state index is 9.68. The average molecular weight is 302 g/mol. The number of benzene rings is 2. The molecule has 0 saturated heterocycles. The second-order valence-corrected chi connectivity index (χ2v) is 6.47. The molecule has 0 saturated carbocycles. The monoisotopic (exact) mass is 302 g/mol. The summed E-state index contributed by atoms with van der Waals surface area (Å²) in [5, 5.41) is 9.68. The molecular formula is C18H22O2S. The third-order valence-corrected chi connectivity index (χ3v) is 4.37. The van der Waals surface area contributed by atoms with Crippen molar-refractivity contribution in [1.82, 2.24) is 0 Å². The van der Waals surface area contributed by atoms with E-state index in [9.17, 15) is 5.11 Å². The van der Waals surface area contributed by atoms with Gasteiger partial charge in [-0.2, -0.15) is 0 Å². The summed E-state index contributed by atoms with van der Waals surface area (Å²) < 4.78 is 5.78. The normalized spacial score (nSPS) is 10.9. The van der Waals surface area contributed by atoms with Crippen molar-refractivity contribution in [2.45, 2.75) is 31.6 Å². The molecule has 0 aliphatic heterocycles. The van der Waals surface area contributed by atoms with Crippen LogP contribution in [0.1, 0.15) is 30.9 Å². The van der Waals surface area contributed by atoms with Gasteiger partial charge in [0.05, 0.1) is 6.61 Å². The molecule has 2 rings (SSSR count). The number of phenolic OH excluding ortho intramolecular Hbond substituents is 1. The van der Waals surface area contributed by atoms with Gasteiger partial charge in [-0.1, -0.05) is 32.0 Å². The van der Waals surface area contributed by atoms with Gasteiger partial charge in [-0.05, 0) is 48.2 Å². The van der Waals surface area contributed by atoms with Crippen molar-refractivity contribution in [3.63, 3.8) is 0 Å². The van der Waals surface area contributed by atoms with E-state index in [0.29, 0.717) is 18.3 Å². The molecular weight excluding hydrogens is 280 g/mol. The van der Waals surface area contributed by atoms with Crippen molar-refractivity contribution in [2.24, 2.45) is 0 Å². The van der Waals surface area contributed by atoms with Crippen LogP contribution in [0.15, 0.2) is 47.4 Å². The van der Waals surface area contributed by atoms with Crippen molar-refractivity contribution >= 4 is 11.8 Å². The highest BCUT2D eigenvalue weighted by Gasteiger charge is 2.05. The number of para-hydroxylation sites is 1. The zero-order valence-corrected chi connectivity index (χ0v) is 13.6. The van der Waals surface area contributed by atoms with Crippen molar-refractivity contribution in [3.8, 4) is 11.5 Å². The van der Waals surface area contributed by atoms with Gasteiger partial charge in [0, 0.05) is 10.6 Å². The average Bonchev–Trinajstić information content (AvgIpc) is 2.45. The van der Waals surface area contributed by atoms with Crippen LogP contribution in [0, 0.1) is 6.92 Å². The minimum absolute atomic E-state index is 0.333. The van der Waals surface area contributed by atoms with E-state index >= 15 is 0 Å². The maximum Gasteiger partial charge on any atom is 0.129 e. The third-order valence-electron chi connectivity index (χ3n) is 3.34. The first-order valence-electron chi connectivity index (χ1n) is 7.22. The number of hydrogen-bond donors (Lipinski definition) is 1. The zero-order chi connectivity index (χ0) is 15.2. The summed E-state index contributed by atoms with van der Waals surface area (Å²) in [5.74, 6) is 2.59. The zero-order valence-electron chi connectivity index (χ0n) is 12.8. The van der Waals surface area contributed by atoms with Crippen LogP contribution >= 0.6 is 11.8 Å². The van der Waals surface area contributed by atoms with Crippen molar-refractivity contribution in [1.29, 1.82) is 0 Å². The molecule has 0 amide bonds. The van der Waals surface area contributed by atoms with Crippen LogP contribution in [-0.2, 0) is 0 Å². The van der Waals surface area contributed by atoms with E-state index in [0.717, 1.165) is 16.4 Å². The number of hydrogen-bond acceptors (Lipinski definition) is 3. The van der Waals surface area contributed by atoms with Gasteiger partial charge in [0.25, 0.3) is 0 Å². The summed E-state index contributed by atoms with van der Waals surface area (Å²) >= 11 is 1.60. The Hall–Kier alpha value is -1.61. The molecule has 0 unspecified atom stereocenters. The van der Waals surface area contributed by atoms with Gasteiger partial charge in [0.15, 0.2) is 0 Å². The third kappa shape index (κ3) is 4.43. The Labute approximate surface area is 131 Å². The number of thioether (sulfide) groups is 1. The molecule has 0 aliphatic rings. The Kier molecular flexibility index (Phi) is 5.57. The Balaban J connectivity index is 1.84. The molecule has 0 atom stereocenters. The Bertz CT molecular complexity index is 594. The molecule has 0 fully saturated rings. The lowest BCUT2D eigenvalue weighted by Gasteiger charge is -2.12. The fourth-order valence-electron chi connectivity index (χ4n) is 2.28. The lowest BCUT2D eigenvalue weighted by atomic mass is 9.98. The SMILES string of the molecule is Cc1cc(OCCSc2ccccc2O)ccc1C(C)C. The van der Waals surface area contributed by atoms with Gasteiger partial charge >= 0.3 is 0 Å². The lowest BCUT2D eigenvalue weighted by molar-refractivity contribution is 0.343. The molecule has 1 N–H and O–H groups in total. The fourth-order valence-corrected chi connectivity index (χ4v) is 3.05. The highest BCUT2D eigenvalue weighted by Crippen LogP contribution is 2.28. The topological polar surface area (TPSA) is 29.5 Å². The number of aromatic hydroxyl groups is 1. The second kappa shape index (κ2) is 7.41. The van der Waals surface area contributed by atoms with Crippen molar-refractivity contribution in [3.05, 3.63) is 53.6 Å². The van der Waals surface area contributed by atoms with E-state index in [4.69, 9.17) is 4.74 Å². The summed E-state index contributed by atoms with van der Waals surface area (Å²) in [6, 6.07) is 13.7. The molecule has 2 aromatic rings. The van der Waals surface area contributed by atoms with Gasteiger partial charge in [0.1, 0.15) is 11.5 Å². The van der Waals surface area contributed by atoms with Gasteiger partial charge in [-0.25, -0.2) is 0 Å². The van der Waals surface area contributed by atoms with Crippen LogP contribution in [0.2, 0.25) is 0 Å². The number of phenols is 1. The quantitative estimate of drug-likeness (QED) is 0.602. The molecule has 21 heavy (non-hydrogen) atoms. The number of aryl methyl sites for hydroxylation is 1. The highest BCUT2D eigenvalue weighted by atomic mass is 32.2. The summed E-state index contributed by atoms with van der Waals surface area (Å²) in [5.41, 5.74) is 2.64. The maximum absolute atomic E-state index is 9.68. The summed E-state index contributed by atoms with van der Waals surface area (Å²) in [6.45, 7) is 7.15. The Morgan fingerprint density at radius 2 is 1.90 bits per heavy atom. The Morgan fingerprint density at radius 1 is 1.14 bits per heavy atom. The minimum atomic E-state index is 0.333. The van der Waals surface area contributed by atoms with E-state index in [1.54, 1.807) is 17.8 Å². The standard InChI is InChI=1S/C18H22O2S/c1-13(2)16-9-8-15(12-14(16)3)20-10-11-21-18-7-5-4-6-17(18)19/h4-9,12-13,19H,10-11H2,1-3H3. The minimum Gasteiger partial charge on any atom is -0.507 e. The van der Waals surface area contributed by atoms with Crippen molar-refractivity contribution in [2.75, 3.05) is 12.4 Å². The molecule has 0 bridgehead atoms. The van der Waals surface area contributed by atoms with Gasteiger partial charge in [-0.3, -0.25) is 0 Å². The number of ether oxygens (including phenoxy) is 1. The summed E-state index contributed by atoms with van der Waals surface area (Å²) in [7, 11) is 0. The predicted molar refractivity (Wildman–Crippen MR) is 89.6 cm³/mol. The summed E-state index contributed by atoms with van der Waals surface area (Å²) in [6.07, 6.45) is 0. The smallest absolute Gasteiger partial charge is 0.129 e. The molecule has 112 valence electrons. The van der Waals surface area contributed by atoms with Crippen LogP contribution in [0.25, 0.3) is 0 Å². The molecule has 0 aliphatic carbocycles. The fraction of sp³-hybridized carbons (Fsp3) is 0.333. The van der Waals surface area contributed by atoms with E-state index < -0.39 is 0 Å². The van der Waals surface area contributed by atoms with E-state index in [-0.39, 0.29) is 0 Å². The van der Waals surface area contributed by atoms with E-state index in [2.05, 4.69) is 32.9 Å². The highest BCUT2D eigenvalue weighted by molar-refractivity contribution is 7.99. The lowest BCUT2D eigenvalue weighted by Crippen LogP contribution is -2.01. The van der Waals surface area contributed by atoms with Crippen LogP contribution in [-0.4, -0.2) is 17.5 Å². The van der Waals surface area contributed by atoms with Gasteiger partial charge in [0.2, 0.25) is 0 Å². The molecule has 0 heterocycles. The van der Waals surface area contributed by atoms with E-state index in [1.807, 2.05) is 24.3 Å². The molecule has 2 nitrogen and oxygen atoms in total. The van der Waals surface area contributed by atoms with Crippen LogP contribution in [0.4, 0.5) is 0 Å². The van der Waals surface area contributed by atoms with Crippen LogP contribution in [0.3, 0.4) is 0 Å².